The van der Waals surface area contributed by atoms with E-state index in [9.17, 15) is 4.79 Å². The van der Waals surface area contributed by atoms with Crippen molar-refractivity contribution in [2.24, 2.45) is 0 Å². The van der Waals surface area contributed by atoms with E-state index in [1.165, 1.54) is 16.8 Å². The third kappa shape index (κ3) is 3.24. The predicted molar refractivity (Wildman–Crippen MR) is 96.1 cm³/mol. The molecule has 120 valence electrons. The maximum Gasteiger partial charge on any atom is 0.246 e. The molecule has 0 saturated carbocycles. The van der Waals surface area contributed by atoms with Gasteiger partial charge in [-0.05, 0) is 56.9 Å². The van der Waals surface area contributed by atoms with Gasteiger partial charge in [0.2, 0.25) is 5.91 Å². The fourth-order valence-corrected chi connectivity index (χ4v) is 3.30. The monoisotopic (exact) mass is 308 g/mol. The Morgan fingerprint density at radius 2 is 1.96 bits per heavy atom. The van der Waals surface area contributed by atoms with Crippen molar-refractivity contribution in [3.8, 4) is 0 Å². The van der Waals surface area contributed by atoms with Crippen LogP contribution in [0.15, 0.2) is 42.5 Å². The number of aryl methyl sites for hydroxylation is 3. The average molecular weight is 308 g/mol. The van der Waals surface area contributed by atoms with Crippen LogP contribution in [0.5, 0.6) is 0 Å². The summed E-state index contributed by atoms with van der Waals surface area (Å²) in [6.45, 7) is 7.01. The van der Waals surface area contributed by atoms with E-state index in [0.29, 0.717) is 0 Å². The lowest BCUT2D eigenvalue weighted by Gasteiger charge is -2.35. The highest BCUT2D eigenvalue weighted by molar-refractivity contribution is 5.97. The third-order valence-corrected chi connectivity index (χ3v) is 4.63. The highest BCUT2D eigenvalue weighted by atomic mass is 16.2. The van der Waals surface area contributed by atoms with E-state index in [1.54, 1.807) is 0 Å². The smallest absolute Gasteiger partial charge is 0.246 e. The zero-order valence-electron chi connectivity index (χ0n) is 14.1. The Balaban J connectivity index is 1.78. The number of benzene rings is 2. The Morgan fingerprint density at radius 1 is 1.17 bits per heavy atom. The van der Waals surface area contributed by atoms with E-state index >= 15 is 0 Å². The molecule has 0 aromatic heterocycles. The van der Waals surface area contributed by atoms with Crippen molar-refractivity contribution in [2.75, 3.05) is 16.8 Å². The molecular weight excluding hydrogens is 284 g/mol. The number of anilines is 2. The van der Waals surface area contributed by atoms with Crippen LogP contribution in [0, 0.1) is 13.8 Å². The van der Waals surface area contributed by atoms with E-state index < -0.39 is 0 Å². The van der Waals surface area contributed by atoms with E-state index in [1.807, 2.05) is 32.0 Å². The maximum atomic E-state index is 12.7. The average Bonchev–Trinajstić information content (AvgIpc) is 2.56. The van der Waals surface area contributed by atoms with Crippen LogP contribution >= 0.6 is 0 Å². The number of carbonyl (C=O) groups is 1. The Morgan fingerprint density at radius 3 is 2.74 bits per heavy atom. The van der Waals surface area contributed by atoms with Gasteiger partial charge in [0.25, 0.3) is 0 Å². The summed E-state index contributed by atoms with van der Waals surface area (Å²) in [5, 5.41) is 3.08. The SMILES string of the molecule is Cc1ccc(NC(=O)[C@@H](C)N2CCCc3ccccc32)c(C)c1. The largest absolute Gasteiger partial charge is 0.360 e. The van der Waals surface area contributed by atoms with Gasteiger partial charge in [-0.15, -0.1) is 0 Å². The molecule has 2 aromatic carbocycles. The van der Waals surface area contributed by atoms with Crippen molar-refractivity contribution in [3.05, 3.63) is 59.2 Å². The summed E-state index contributed by atoms with van der Waals surface area (Å²) in [7, 11) is 0. The quantitative estimate of drug-likeness (QED) is 0.926. The molecule has 0 radical (unpaired) electrons. The Bertz CT molecular complexity index is 723. The zero-order valence-corrected chi connectivity index (χ0v) is 14.1. The highest BCUT2D eigenvalue weighted by Crippen LogP contribution is 2.28. The number of nitrogens with one attached hydrogen (secondary N) is 1. The van der Waals surface area contributed by atoms with Gasteiger partial charge in [0.05, 0.1) is 0 Å². The fourth-order valence-electron chi connectivity index (χ4n) is 3.30. The molecule has 1 amide bonds. The molecule has 0 aliphatic carbocycles. The molecule has 0 bridgehead atoms. The number of hydrogen-bond acceptors (Lipinski definition) is 2. The van der Waals surface area contributed by atoms with Crippen LogP contribution in [0.1, 0.15) is 30.0 Å². The molecular formula is C20H24N2O. The topological polar surface area (TPSA) is 32.3 Å². The highest BCUT2D eigenvalue weighted by Gasteiger charge is 2.26. The Kier molecular flexibility index (Phi) is 4.37. The summed E-state index contributed by atoms with van der Waals surface area (Å²) >= 11 is 0. The van der Waals surface area contributed by atoms with Crippen molar-refractivity contribution in [3.63, 3.8) is 0 Å². The van der Waals surface area contributed by atoms with Crippen molar-refractivity contribution in [1.29, 1.82) is 0 Å². The number of fused-ring (bicyclic) bond motifs is 1. The van der Waals surface area contributed by atoms with Crippen molar-refractivity contribution < 1.29 is 4.79 Å². The summed E-state index contributed by atoms with van der Waals surface area (Å²) < 4.78 is 0. The first-order valence-electron chi connectivity index (χ1n) is 8.29. The number of carbonyl (C=O) groups excluding carboxylic acids is 1. The lowest BCUT2D eigenvalue weighted by Crippen LogP contribution is -2.44. The van der Waals surface area contributed by atoms with E-state index in [0.717, 1.165) is 30.6 Å². The van der Waals surface area contributed by atoms with Crippen LogP contribution in [-0.4, -0.2) is 18.5 Å². The minimum absolute atomic E-state index is 0.0497. The van der Waals surface area contributed by atoms with Crippen molar-refractivity contribution >= 4 is 17.3 Å². The van der Waals surface area contributed by atoms with E-state index in [-0.39, 0.29) is 11.9 Å². The molecule has 3 nitrogen and oxygen atoms in total. The van der Waals surface area contributed by atoms with Crippen molar-refractivity contribution in [2.45, 2.75) is 39.7 Å². The summed E-state index contributed by atoms with van der Waals surface area (Å²) in [6, 6.07) is 14.3. The molecule has 1 aliphatic heterocycles. The van der Waals surface area contributed by atoms with Crippen LogP contribution < -0.4 is 10.2 Å². The molecule has 0 fully saturated rings. The lowest BCUT2D eigenvalue weighted by molar-refractivity contribution is -0.117. The van der Waals surface area contributed by atoms with Gasteiger partial charge in [0.15, 0.2) is 0 Å². The lowest BCUT2D eigenvalue weighted by atomic mass is 10.00. The molecule has 1 aliphatic rings. The molecule has 0 saturated heterocycles. The van der Waals surface area contributed by atoms with Gasteiger partial charge in [-0.1, -0.05) is 35.9 Å². The summed E-state index contributed by atoms with van der Waals surface area (Å²) in [4.78, 5) is 14.9. The number of hydrogen-bond donors (Lipinski definition) is 1. The van der Waals surface area contributed by atoms with Gasteiger partial charge in [-0.2, -0.15) is 0 Å². The second-order valence-electron chi connectivity index (χ2n) is 6.41. The standard InChI is InChI=1S/C20H24N2O/c1-14-10-11-18(15(2)13-14)21-20(23)16(3)22-12-6-8-17-7-4-5-9-19(17)22/h4-5,7,9-11,13,16H,6,8,12H2,1-3H3,(H,21,23)/t16-/m1/s1. The van der Waals surface area contributed by atoms with Gasteiger partial charge in [0, 0.05) is 17.9 Å². The molecule has 1 heterocycles. The second-order valence-corrected chi connectivity index (χ2v) is 6.41. The van der Waals surface area contributed by atoms with E-state index in [4.69, 9.17) is 0 Å². The minimum atomic E-state index is -0.183. The van der Waals surface area contributed by atoms with Gasteiger partial charge < -0.3 is 10.2 Å². The third-order valence-electron chi connectivity index (χ3n) is 4.63. The number of amides is 1. The first-order chi connectivity index (χ1) is 11.1. The van der Waals surface area contributed by atoms with Crippen LogP contribution in [0.2, 0.25) is 0 Å². The van der Waals surface area contributed by atoms with Crippen LogP contribution in [0.4, 0.5) is 11.4 Å². The van der Waals surface area contributed by atoms with Crippen LogP contribution in [0.25, 0.3) is 0 Å². The van der Waals surface area contributed by atoms with Gasteiger partial charge in [0.1, 0.15) is 6.04 Å². The van der Waals surface area contributed by atoms with Crippen molar-refractivity contribution in [1.82, 2.24) is 0 Å². The molecule has 1 atom stereocenters. The normalized spacial score (nSPS) is 15.0. The minimum Gasteiger partial charge on any atom is -0.360 e. The van der Waals surface area contributed by atoms with Gasteiger partial charge in [-0.3, -0.25) is 4.79 Å². The summed E-state index contributed by atoms with van der Waals surface area (Å²) in [5.41, 5.74) is 5.74. The maximum absolute atomic E-state index is 12.7. The summed E-state index contributed by atoms with van der Waals surface area (Å²) in [5.74, 6) is 0.0497. The number of rotatable bonds is 3. The first-order valence-corrected chi connectivity index (χ1v) is 8.29. The predicted octanol–water partition coefficient (Wildman–Crippen LogP) is 4.08. The molecule has 23 heavy (non-hydrogen) atoms. The number of nitrogens with zero attached hydrogens (tertiary/aromatic N) is 1. The van der Waals surface area contributed by atoms with Crippen LogP contribution in [-0.2, 0) is 11.2 Å². The molecule has 0 spiro atoms. The molecule has 1 N–H and O–H groups in total. The molecule has 3 heteroatoms. The molecule has 3 rings (SSSR count). The Labute approximate surface area is 138 Å². The molecule has 2 aromatic rings. The molecule has 0 unspecified atom stereocenters. The number of para-hydroxylation sites is 1. The Hall–Kier alpha value is -2.29. The first kappa shape index (κ1) is 15.6. The van der Waals surface area contributed by atoms with Gasteiger partial charge >= 0.3 is 0 Å². The van der Waals surface area contributed by atoms with Gasteiger partial charge in [-0.25, -0.2) is 0 Å². The van der Waals surface area contributed by atoms with Crippen LogP contribution in [0.3, 0.4) is 0 Å². The zero-order chi connectivity index (χ0) is 16.4. The summed E-state index contributed by atoms with van der Waals surface area (Å²) in [6.07, 6.45) is 2.19. The fraction of sp³-hybridized carbons (Fsp3) is 0.350. The van der Waals surface area contributed by atoms with E-state index in [2.05, 4.69) is 41.4 Å². The second kappa shape index (κ2) is 6.45.